The first-order valence-corrected chi connectivity index (χ1v) is 15.1. The number of hydrogen-bond donors (Lipinski definition) is 2. The van der Waals surface area contributed by atoms with Gasteiger partial charge in [0.05, 0.1) is 0 Å². The molecule has 2 unspecified atom stereocenters. The van der Waals surface area contributed by atoms with Crippen LogP contribution in [0, 0.1) is 6.92 Å². The topological polar surface area (TPSA) is 88.8 Å². The van der Waals surface area contributed by atoms with E-state index in [1.165, 1.54) is 5.56 Å². The maximum absolute atomic E-state index is 13.4. The molecule has 2 N–H and O–H groups in total. The third-order valence-corrected chi connectivity index (χ3v) is 7.87. The molecule has 0 aliphatic carbocycles. The Morgan fingerprint density at radius 1 is 0.952 bits per heavy atom. The van der Waals surface area contributed by atoms with Crippen LogP contribution in [0.5, 0.6) is 0 Å². The van der Waals surface area contributed by atoms with Crippen LogP contribution in [0.3, 0.4) is 0 Å². The van der Waals surface area contributed by atoms with Gasteiger partial charge in [-0.3, -0.25) is 4.79 Å². The van der Waals surface area contributed by atoms with E-state index in [4.69, 9.17) is 9.15 Å². The van der Waals surface area contributed by atoms with E-state index >= 15 is 0 Å². The first kappa shape index (κ1) is 33.3. The number of carbonyl (C=O) groups excluding carboxylic acids is 1. The molecule has 0 bridgehead atoms. The molecule has 0 saturated carbocycles. The number of rotatable bonds is 12. The Morgan fingerprint density at radius 3 is 2.26 bits per heavy atom. The van der Waals surface area contributed by atoms with Crippen LogP contribution in [0.15, 0.2) is 83.3 Å². The molecular formula is C34H38LiNO5S. The van der Waals surface area contributed by atoms with Crippen LogP contribution >= 0.6 is 11.8 Å². The van der Waals surface area contributed by atoms with Gasteiger partial charge in [-0.1, -0.05) is 68.4 Å². The van der Waals surface area contributed by atoms with Gasteiger partial charge in [0, 0.05) is 18.2 Å². The summed E-state index contributed by atoms with van der Waals surface area (Å²) in [5.74, 6) is 0.995. The summed E-state index contributed by atoms with van der Waals surface area (Å²) in [6, 6.07) is 24.6. The summed E-state index contributed by atoms with van der Waals surface area (Å²) in [4.78, 5) is 25.3. The fourth-order valence-corrected chi connectivity index (χ4v) is 5.32. The van der Waals surface area contributed by atoms with Crippen molar-refractivity contribution in [3.05, 3.63) is 107 Å². The number of methoxy groups -OCH3 is 1. The number of nitrogens with one attached hydrogen (secondary N) is 1. The fraction of sp³-hybridized carbons (Fsp3) is 0.294. The number of thioether (sulfide) groups is 1. The summed E-state index contributed by atoms with van der Waals surface area (Å²) in [5, 5.41) is 12.4. The molecule has 4 rings (SSSR count). The Labute approximate surface area is 264 Å². The summed E-state index contributed by atoms with van der Waals surface area (Å²) in [6.07, 6.45) is 1.74. The van der Waals surface area contributed by atoms with Crippen molar-refractivity contribution >= 4 is 42.5 Å². The van der Waals surface area contributed by atoms with E-state index in [0.29, 0.717) is 35.0 Å². The number of furan rings is 1. The number of ether oxygens (including phenoxy) is 1. The van der Waals surface area contributed by atoms with E-state index in [9.17, 15) is 14.7 Å². The molecule has 0 spiro atoms. The van der Waals surface area contributed by atoms with Gasteiger partial charge in [0.25, 0.3) is 5.91 Å². The van der Waals surface area contributed by atoms with E-state index < -0.39 is 24.0 Å². The van der Waals surface area contributed by atoms with Gasteiger partial charge in [0.1, 0.15) is 23.7 Å². The number of carboxylic acid groups (broad SMARTS) is 1. The first-order chi connectivity index (χ1) is 19.7. The molecule has 42 heavy (non-hydrogen) atoms. The number of benzene rings is 3. The molecule has 3 aromatic carbocycles. The maximum atomic E-state index is 13.4. The van der Waals surface area contributed by atoms with Gasteiger partial charge in [0.2, 0.25) is 0 Å². The molecule has 4 aromatic rings. The predicted molar refractivity (Wildman–Crippen MR) is 173 cm³/mol. The molecule has 1 heterocycles. The second-order valence-electron chi connectivity index (χ2n) is 10.4. The number of aliphatic carboxylic acids is 1. The Hall–Kier alpha value is -3.21. The van der Waals surface area contributed by atoms with Crippen molar-refractivity contribution in [2.24, 2.45) is 0 Å². The molecule has 1 aromatic heterocycles. The molecule has 6 nitrogen and oxygen atoms in total. The minimum atomic E-state index is -1.05. The zero-order valence-corrected chi connectivity index (χ0v) is 25.0. The normalized spacial score (nSPS) is 12.4. The van der Waals surface area contributed by atoms with Crippen LogP contribution in [-0.4, -0.2) is 61.0 Å². The first-order valence-electron chi connectivity index (χ1n) is 13.7. The minimum absolute atomic E-state index is 0. The van der Waals surface area contributed by atoms with Crippen molar-refractivity contribution in [1.82, 2.24) is 5.32 Å². The zero-order valence-electron chi connectivity index (χ0n) is 24.1. The Morgan fingerprint density at radius 2 is 1.64 bits per heavy atom. The van der Waals surface area contributed by atoms with Crippen LogP contribution in [-0.2, 0) is 9.53 Å². The van der Waals surface area contributed by atoms with Gasteiger partial charge in [-0.15, -0.1) is 0 Å². The molecule has 2 atom stereocenters. The van der Waals surface area contributed by atoms with Crippen LogP contribution in [0.4, 0.5) is 0 Å². The van der Waals surface area contributed by atoms with E-state index in [1.807, 2.05) is 61.7 Å². The molecule has 0 aliphatic heterocycles. The van der Waals surface area contributed by atoms with Gasteiger partial charge >= 0.3 is 24.8 Å². The third-order valence-electron chi connectivity index (χ3n) is 7.22. The molecule has 0 aliphatic rings. The molecule has 1 amide bonds. The molecule has 216 valence electrons. The Balaban J connectivity index is 0.00000484. The van der Waals surface area contributed by atoms with Crippen molar-refractivity contribution in [3.63, 3.8) is 0 Å². The second kappa shape index (κ2) is 15.3. The molecular weight excluding hydrogens is 541 g/mol. The van der Waals surface area contributed by atoms with Crippen LogP contribution in [0.2, 0.25) is 0 Å². The molecule has 0 fully saturated rings. The van der Waals surface area contributed by atoms with Crippen molar-refractivity contribution < 1.29 is 23.8 Å². The van der Waals surface area contributed by atoms with Crippen LogP contribution < -0.4 is 5.32 Å². The van der Waals surface area contributed by atoms with Crippen LogP contribution in [0.25, 0.3) is 22.5 Å². The SMILES string of the molecule is COC(c1ccc(C(=O)NC(CCSC)C(=O)O)c(-c2ccccc2C)c1)c1ccc(-c2ccc(C(C)C)cc2)o1.[LiH]. The second-order valence-corrected chi connectivity index (χ2v) is 11.3. The van der Waals surface area contributed by atoms with Crippen LogP contribution in [0.1, 0.15) is 65.1 Å². The van der Waals surface area contributed by atoms with E-state index in [-0.39, 0.29) is 18.9 Å². The van der Waals surface area contributed by atoms with Gasteiger partial charge in [-0.05, 0) is 83.4 Å². The zero-order chi connectivity index (χ0) is 29.5. The summed E-state index contributed by atoms with van der Waals surface area (Å²) >= 11 is 1.54. The number of carboxylic acids is 1. The molecule has 0 saturated heterocycles. The number of hydrogen-bond acceptors (Lipinski definition) is 5. The predicted octanol–water partition coefficient (Wildman–Crippen LogP) is 7.07. The summed E-state index contributed by atoms with van der Waals surface area (Å²) < 4.78 is 12.2. The van der Waals surface area contributed by atoms with Crippen molar-refractivity contribution in [3.8, 4) is 22.5 Å². The van der Waals surface area contributed by atoms with Crippen molar-refractivity contribution in [1.29, 1.82) is 0 Å². The average Bonchev–Trinajstić information content (AvgIpc) is 3.45. The van der Waals surface area contributed by atoms with E-state index in [0.717, 1.165) is 28.0 Å². The third kappa shape index (κ3) is 7.79. The fourth-order valence-electron chi connectivity index (χ4n) is 4.85. The number of carbonyl (C=O) groups is 2. The summed E-state index contributed by atoms with van der Waals surface area (Å²) in [5.41, 5.74) is 6.05. The molecule has 0 radical (unpaired) electrons. The molecule has 8 heteroatoms. The standard InChI is InChI=1S/C34H37NO5S.Li.H/c1-21(2)23-10-12-24(13-11-23)30-16-17-31(40-30)32(39-4)25-14-15-27(28(20-25)26-9-7-6-8-22(26)3)33(36)35-29(34(37)38)18-19-41-5;;/h6-17,20-21,29,32H,18-19H2,1-5H3,(H,35,36)(H,37,38);;. The van der Waals surface area contributed by atoms with E-state index in [1.54, 1.807) is 24.9 Å². The van der Waals surface area contributed by atoms with E-state index in [2.05, 4.69) is 43.4 Å². The number of aryl methyl sites for hydroxylation is 1. The van der Waals surface area contributed by atoms with Crippen molar-refractivity contribution in [2.75, 3.05) is 19.1 Å². The summed E-state index contributed by atoms with van der Waals surface area (Å²) in [6.45, 7) is 6.32. The quantitative estimate of drug-likeness (QED) is 0.175. The monoisotopic (exact) mass is 579 g/mol. The van der Waals surface area contributed by atoms with Gasteiger partial charge in [0.15, 0.2) is 0 Å². The van der Waals surface area contributed by atoms with Gasteiger partial charge in [-0.25, -0.2) is 4.79 Å². The van der Waals surface area contributed by atoms with Gasteiger partial charge in [-0.2, -0.15) is 11.8 Å². The Bertz CT molecular complexity index is 1500. The van der Waals surface area contributed by atoms with Crippen molar-refractivity contribution in [2.45, 2.75) is 45.3 Å². The number of amides is 1. The Kier molecular flexibility index (Phi) is 12.1. The summed E-state index contributed by atoms with van der Waals surface area (Å²) in [7, 11) is 1.63. The average molecular weight is 580 g/mol. The van der Waals surface area contributed by atoms with Gasteiger partial charge < -0.3 is 19.6 Å².